The van der Waals surface area contributed by atoms with Crippen molar-refractivity contribution in [2.24, 2.45) is 0 Å². The van der Waals surface area contributed by atoms with Crippen LogP contribution >= 0.6 is 11.3 Å². The lowest BCUT2D eigenvalue weighted by Gasteiger charge is -2.33. The van der Waals surface area contributed by atoms with Gasteiger partial charge < -0.3 is 4.90 Å². The lowest BCUT2D eigenvalue weighted by molar-refractivity contribution is 0.0679. The molecule has 30 heavy (non-hydrogen) atoms. The summed E-state index contributed by atoms with van der Waals surface area (Å²) in [5.41, 5.74) is 3.17. The third-order valence-electron chi connectivity index (χ3n) is 5.85. The zero-order chi connectivity index (χ0) is 20.8. The Kier molecular flexibility index (Phi) is 4.51. The third-order valence-corrected chi connectivity index (χ3v) is 6.85. The van der Waals surface area contributed by atoms with E-state index in [1.165, 1.54) is 10.4 Å². The predicted molar refractivity (Wildman–Crippen MR) is 120 cm³/mol. The molecule has 5 rings (SSSR count). The summed E-state index contributed by atoms with van der Waals surface area (Å²) in [7, 11) is 0. The first-order valence-electron chi connectivity index (χ1n) is 10.0. The molecule has 150 valence electrons. The quantitative estimate of drug-likeness (QED) is 0.484. The maximum absolute atomic E-state index is 13.1. The molecular formula is C24H21N3O2S. The molecule has 0 N–H and O–H groups in total. The van der Waals surface area contributed by atoms with E-state index in [-0.39, 0.29) is 17.5 Å². The first-order valence-corrected chi connectivity index (χ1v) is 10.9. The molecule has 0 fully saturated rings. The van der Waals surface area contributed by atoms with Crippen LogP contribution in [0.5, 0.6) is 0 Å². The van der Waals surface area contributed by atoms with Crippen LogP contribution in [0.4, 0.5) is 0 Å². The number of para-hydroxylation sites is 1. The minimum absolute atomic E-state index is 0.0200. The van der Waals surface area contributed by atoms with E-state index in [0.717, 1.165) is 13.0 Å². The molecule has 1 aliphatic rings. The Labute approximate surface area is 178 Å². The number of aryl methyl sites for hydroxylation is 1. The predicted octanol–water partition coefficient (Wildman–Crippen LogP) is 4.52. The van der Waals surface area contributed by atoms with Crippen LogP contribution in [-0.4, -0.2) is 26.9 Å². The van der Waals surface area contributed by atoms with Crippen molar-refractivity contribution in [3.05, 3.63) is 92.2 Å². The minimum atomic E-state index is -0.105. The van der Waals surface area contributed by atoms with Gasteiger partial charge in [-0.1, -0.05) is 12.1 Å². The number of amides is 1. The Morgan fingerprint density at radius 3 is 2.67 bits per heavy atom. The summed E-state index contributed by atoms with van der Waals surface area (Å²) in [6, 6.07) is 16.8. The van der Waals surface area contributed by atoms with Gasteiger partial charge in [-0.2, -0.15) is 0 Å². The molecule has 1 atom stereocenters. The van der Waals surface area contributed by atoms with Crippen molar-refractivity contribution >= 4 is 28.1 Å². The van der Waals surface area contributed by atoms with Crippen LogP contribution in [-0.2, 0) is 6.42 Å². The summed E-state index contributed by atoms with van der Waals surface area (Å²) < 4.78 is 1.59. The van der Waals surface area contributed by atoms with Crippen molar-refractivity contribution < 1.29 is 4.79 Å². The summed E-state index contributed by atoms with van der Waals surface area (Å²) in [6.45, 7) is 4.63. The highest BCUT2D eigenvalue weighted by atomic mass is 32.1. The van der Waals surface area contributed by atoms with Crippen molar-refractivity contribution in [1.82, 2.24) is 14.5 Å². The number of fused-ring (bicyclic) bond motifs is 2. The van der Waals surface area contributed by atoms with Crippen molar-refractivity contribution in [2.75, 3.05) is 6.54 Å². The average molecular weight is 416 g/mol. The number of benzene rings is 2. The third kappa shape index (κ3) is 2.95. The lowest BCUT2D eigenvalue weighted by atomic mass is 10.0. The Morgan fingerprint density at radius 1 is 1.10 bits per heavy atom. The van der Waals surface area contributed by atoms with Crippen LogP contribution < -0.4 is 5.56 Å². The number of rotatable bonds is 2. The van der Waals surface area contributed by atoms with Gasteiger partial charge in [-0.05, 0) is 73.7 Å². The highest BCUT2D eigenvalue weighted by Crippen LogP contribution is 2.33. The van der Waals surface area contributed by atoms with E-state index in [4.69, 9.17) is 0 Å². The second-order valence-electron chi connectivity index (χ2n) is 7.59. The van der Waals surface area contributed by atoms with Crippen LogP contribution in [0.25, 0.3) is 16.6 Å². The Bertz CT molecular complexity index is 1320. The van der Waals surface area contributed by atoms with Crippen LogP contribution in [0, 0.1) is 6.92 Å². The van der Waals surface area contributed by atoms with E-state index in [0.29, 0.717) is 28.0 Å². The molecular weight excluding hydrogens is 394 g/mol. The van der Waals surface area contributed by atoms with Gasteiger partial charge in [0.15, 0.2) is 0 Å². The van der Waals surface area contributed by atoms with Crippen molar-refractivity contribution in [3.8, 4) is 5.69 Å². The molecule has 0 spiro atoms. The van der Waals surface area contributed by atoms with Gasteiger partial charge in [-0.3, -0.25) is 14.2 Å². The Balaban J connectivity index is 1.48. The van der Waals surface area contributed by atoms with Crippen LogP contribution in [0.15, 0.2) is 64.8 Å². The number of nitrogens with zero attached hydrogens (tertiary/aromatic N) is 3. The van der Waals surface area contributed by atoms with E-state index in [1.54, 1.807) is 34.1 Å². The molecule has 0 saturated heterocycles. The van der Waals surface area contributed by atoms with Gasteiger partial charge in [0, 0.05) is 17.0 Å². The van der Waals surface area contributed by atoms with E-state index in [1.807, 2.05) is 42.2 Å². The van der Waals surface area contributed by atoms with E-state index < -0.39 is 0 Å². The molecule has 0 aliphatic carbocycles. The molecule has 1 aliphatic heterocycles. The van der Waals surface area contributed by atoms with Gasteiger partial charge in [0.25, 0.3) is 11.5 Å². The number of carbonyl (C=O) groups is 1. The largest absolute Gasteiger partial charge is 0.331 e. The van der Waals surface area contributed by atoms with E-state index >= 15 is 0 Å². The zero-order valence-corrected chi connectivity index (χ0v) is 17.6. The molecule has 4 aromatic rings. The number of thiophene rings is 1. The SMILES string of the molecule is Cc1nc2ccccc2c(=O)n1-c1ccc(C(=O)N2CCc3sccc3[C@@H]2C)cc1. The second kappa shape index (κ2) is 7.22. The highest BCUT2D eigenvalue weighted by molar-refractivity contribution is 7.10. The fourth-order valence-corrected chi connectivity index (χ4v) is 5.22. The smallest absolute Gasteiger partial charge is 0.265 e. The maximum atomic E-state index is 13.1. The molecule has 0 saturated carbocycles. The number of hydrogen-bond donors (Lipinski definition) is 0. The van der Waals surface area contributed by atoms with Gasteiger partial charge in [0.1, 0.15) is 5.82 Å². The Morgan fingerprint density at radius 2 is 1.87 bits per heavy atom. The van der Waals surface area contributed by atoms with E-state index in [2.05, 4.69) is 23.4 Å². The summed E-state index contributed by atoms with van der Waals surface area (Å²) >= 11 is 1.77. The summed E-state index contributed by atoms with van der Waals surface area (Å²) in [6.07, 6.45) is 0.901. The number of carbonyl (C=O) groups excluding carboxylic acids is 1. The van der Waals surface area contributed by atoms with Crippen LogP contribution in [0.2, 0.25) is 0 Å². The minimum Gasteiger partial charge on any atom is -0.331 e. The van der Waals surface area contributed by atoms with Gasteiger partial charge in [-0.15, -0.1) is 11.3 Å². The Hall–Kier alpha value is -3.25. The topological polar surface area (TPSA) is 55.2 Å². The molecule has 0 radical (unpaired) electrons. The fourth-order valence-electron chi connectivity index (χ4n) is 4.25. The summed E-state index contributed by atoms with van der Waals surface area (Å²) in [5, 5.41) is 2.68. The number of aromatic nitrogens is 2. The molecule has 2 aromatic heterocycles. The molecule has 1 amide bonds. The number of hydrogen-bond acceptors (Lipinski definition) is 4. The zero-order valence-electron chi connectivity index (χ0n) is 16.8. The van der Waals surface area contributed by atoms with Crippen LogP contribution in [0.3, 0.4) is 0 Å². The molecule has 0 bridgehead atoms. The van der Waals surface area contributed by atoms with Gasteiger partial charge in [-0.25, -0.2) is 4.98 Å². The average Bonchev–Trinajstić information content (AvgIpc) is 3.24. The first-order chi connectivity index (χ1) is 14.5. The van der Waals surface area contributed by atoms with Crippen LogP contribution in [0.1, 0.15) is 39.6 Å². The van der Waals surface area contributed by atoms with E-state index in [9.17, 15) is 9.59 Å². The fraction of sp³-hybridized carbons (Fsp3) is 0.208. The van der Waals surface area contributed by atoms with Crippen molar-refractivity contribution in [3.63, 3.8) is 0 Å². The molecule has 5 nitrogen and oxygen atoms in total. The first kappa shape index (κ1) is 18.8. The summed E-state index contributed by atoms with van der Waals surface area (Å²) in [5.74, 6) is 0.638. The van der Waals surface area contributed by atoms with Crippen molar-refractivity contribution in [1.29, 1.82) is 0 Å². The maximum Gasteiger partial charge on any atom is 0.265 e. The molecule has 6 heteroatoms. The van der Waals surface area contributed by atoms with Gasteiger partial charge in [0.2, 0.25) is 0 Å². The monoisotopic (exact) mass is 415 g/mol. The highest BCUT2D eigenvalue weighted by Gasteiger charge is 2.29. The van der Waals surface area contributed by atoms with Gasteiger partial charge in [0.05, 0.1) is 22.6 Å². The van der Waals surface area contributed by atoms with Crippen molar-refractivity contribution in [2.45, 2.75) is 26.3 Å². The lowest BCUT2D eigenvalue weighted by Crippen LogP contribution is -2.38. The standard InChI is InChI=1S/C24H21N3O2S/c1-15-19-12-14-30-22(19)11-13-26(15)23(28)17-7-9-18(10-8-17)27-16(2)25-21-6-4-3-5-20(21)24(27)29/h3-10,12,14-15H,11,13H2,1-2H3/t15-/m0/s1. The second-order valence-corrected chi connectivity index (χ2v) is 8.59. The summed E-state index contributed by atoms with van der Waals surface area (Å²) in [4.78, 5) is 34.0. The molecule has 2 aromatic carbocycles. The molecule has 3 heterocycles. The normalized spacial score (nSPS) is 15.9. The molecule has 0 unspecified atom stereocenters. The van der Waals surface area contributed by atoms with Gasteiger partial charge >= 0.3 is 0 Å².